The van der Waals surface area contributed by atoms with Gasteiger partial charge in [0.2, 0.25) is 0 Å². The smallest absolute Gasteiger partial charge is 0.0707 e. The molecule has 0 aromatic heterocycles. The average Bonchev–Trinajstić information content (AvgIpc) is 2.28. The number of ether oxygens (including phenoxy) is 1. The van der Waals surface area contributed by atoms with Crippen LogP contribution in [-0.2, 0) is 4.74 Å². The largest absolute Gasteiger partial charge is 0.376 e. The zero-order valence-corrected chi connectivity index (χ0v) is 12.4. The predicted octanol–water partition coefficient (Wildman–Crippen LogP) is 2.12. The van der Waals surface area contributed by atoms with E-state index in [1.54, 1.807) is 0 Å². The van der Waals surface area contributed by atoms with E-state index in [1.165, 1.54) is 38.9 Å². The summed E-state index contributed by atoms with van der Waals surface area (Å²) in [6, 6.07) is 0. The molecule has 3 heteroatoms. The second-order valence-corrected chi connectivity index (χ2v) is 7.21. The zero-order chi connectivity index (χ0) is 13.0. The summed E-state index contributed by atoms with van der Waals surface area (Å²) in [6.07, 6.45) is 4.32. The van der Waals surface area contributed by atoms with Crippen LogP contribution in [0.3, 0.4) is 0 Å². The molecule has 0 saturated carbocycles. The molecule has 0 aromatic rings. The number of nitrogens with one attached hydrogen (secondary N) is 1. The topological polar surface area (TPSA) is 24.5 Å². The van der Waals surface area contributed by atoms with E-state index in [4.69, 9.17) is 4.74 Å². The third kappa shape index (κ3) is 4.87. The molecule has 106 valence electrons. The van der Waals surface area contributed by atoms with E-state index in [0.29, 0.717) is 11.5 Å². The molecule has 2 fully saturated rings. The SMILES string of the molecule is CC(C)(C)C[C@H]1CN(CC2CCNCC2)CCO1. The second-order valence-electron chi connectivity index (χ2n) is 7.21. The lowest BCUT2D eigenvalue weighted by atomic mass is 9.88. The van der Waals surface area contributed by atoms with Gasteiger partial charge in [-0.2, -0.15) is 0 Å². The van der Waals surface area contributed by atoms with Crippen LogP contribution in [0.25, 0.3) is 0 Å². The summed E-state index contributed by atoms with van der Waals surface area (Å²) in [5, 5.41) is 3.45. The highest BCUT2D eigenvalue weighted by Gasteiger charge is 2.26. The molecule has 0 amide bonds. The van der Waals surface area contributed by atoms with Gasteiger partial charge in [-0.25, -0.2) is 0 Å². The number of piperidine rings is 1. The van der Waals surface area contributed by atoms with Crippen LogP contribution in [0.2, 0.25) is 0 Å². The third-order valence-corrected chi connectivity index (χ3v) is 4.04. The Morgan fingerprint density at radius 3 is 2.61 bits per heavy atom. The quantitative estimate of drug-likeness (QED) is 0.835. The van der Waals surface area contributed by atoms with Crippen LogP contribution in [0, 0.1) is 11.3 Å². The maximum atomic E-state index is 5.92. The van der Waals surface area contributed by atoms with E-state index in [9.17, 15) is 0 Å². The van der Waals surface area contributed by atoms with Gasteiger partial charge in [0.25, 0.3) is 0 Å². The summed E-state index contributed by atoms with van der Waals surface area (Å²) >= 11 is 0. The molecule has 2 heterocycles. The van der Waals surface area contributed by atoms with Crippen molar-refractivity contribution in [1.29, 1.82) is 0 Å². The van der Waals surface area contributed by atoms with Crippen molar-refractivity contribution >= 4 is 0 Å². The van der Waals surface area contributed by atoms with Crippen LogP contribution >= 0.6 is 0 Å². The lowest BCUT2D eigenvalue weighted by Crippen LogP contribution is -2.46. The van der Waals surface area contributed by atoms with Crippen molar-refractivity contribution in [3.8, 4) is 0 Å². The van der Waals surface area contributed by atoms with Gasteiger partial charge < -0.3 is 10.1 Å². The summed E-state index contributed by atoms with van der Waals surface area (Å²) in [5.41, 5.74) is 0.377. The Kier molecular flexibility index (Phi) is 5.05. The molecule has 2 saturated heterocycles. The van der Waals surface area contributed by atoms with Crippen LogP contribution in [0.5, 0.6) is 0 Å². The highest BCUT2D eigenvalue weighted by molar-refractivity contribution is 4.79. The summed E-state index contributed by atoms with van der Waals surface area (Å²) < 4.78 is 5.92. The predicted molar refractivity (Wildman–Crippen MR) is 75.8 cm³/mol. The summed E-state index contributed by atoms with van der Waals surface area (Å²) in [4.78, 5) is 2.63. The van der Waals surface area contributed by atoms with E-state index >= 15 is 0 Å². The van der Waals surface area contributed by atoms with Crippen molar-refractivity contribution in [2.75, 3.05) is 39.3 Å². The second kappa shape index (κ2) is 6.36. The van der Waals surface area contributed by atoms with Gasteiger partial charge in [-0.05, 0) is 43.7 Å². The van der Waals surface area contributed by atoms with Crippen LogP contribution in [0.1, 0.15) is 40.0 Å². The fourth-order valence-corrected chi connectivity index (χ4v) is 3.18. The van der Waals surface area contributed by atoms with Crippen LogP contribution < -0.4 is 5.32 Å². The van der Waals surface area contributed by atoms with Crippen molar-refractivity contribution in [3.63, 3.8) is 0 Å². The first-order valence-corrected chi connectivity index (χ1v) is 7.57. The maximum absolute atomic E-state index is 5.92. The minimum absolute atomic E-state index is 0.377. The van der Waals surface area contributed by atoms with Gasteiger partial charge in [-0.3, -0.25) is 4.90 Å². The Hall–Kier alpha value is -0.120. The standard InChI is InChI=1S/C15H30N2O/c1-15(2,3)10-14-12-17(8-9-18-14)11-13-4-6-16-7-5-13/h13-14,16H,4-12H2,1-3H3/t14-/m0/s1. The number of hydrogen-bond donors (Lipinski definition) is 1. The number of hydrogen-bond acceptors (Lipinski definition) is 3. The fraction of sp³-hybridized carbons (Fsp3) is 1.00. The Balaban J connectivity index is 1.75. The molecule has 1 atom stereocenters. The minimum atomic E-state index is 0.377. The minimum Gasteiger partial charge on any atom is -0.376 e. The van der Waals surface area contributed by atoms with Gasteiger partial charge in [-0.1, -0.05) is 20.8 Å². The Morgan fingerprint density at radius 2 is 1.94 bits per heavy atom. The highest BCUT2D eigenvalue weighted by atomic mass is 16.5. The molecular weight excluding hydrogens is 224 g/mol. The molecule has 2 aliphatic rings. The van der Waals surface area contributed by atoms with E-state index < -0.39 is 0 Å². The average molecular weight is 254 g/mol. The summed E-state index contributed by atoms with van der Waals surface area (Å²) in [5.74, 6) is 0.902. The monoisotopic (exact) mass is 254 g/mol. The van der Waals surface area contributed by atoms with Crippen molar-refractivity contribution in [1.82, 2.24) is 10.2 Å². The third-order valence-electron chi connectivity index (χ3n) is 4.04. The summed E-state index contributed by atoms with van der Waals surface area (Å²) in [6.45, 7) is 13.8. The molecule has 18 heavy (non-hydrogen) atoms. The first-order valence-electron chi connectivity index (χ1n) is 7.57. The molecule has 0 unspecified atom stereocenters. The molecule has 0 radical (unpaired) electrons. The van der Waals surface area contributed by atoms with Crippen LogP contribution in [-0.4, -0.2) is 50.3 Å². The number of nitrogens with zero attached hydrogens (tertiary/aromatic N) is 1. The van der Waals surface area contributed by atoms with Crippen molar-refractivity contribution < 1.29 is 4.74 Å². The highest BCUT2D eigenvalue weighted by Crippen LogP contribution is 2.25. The zero-order valence-electron chi connectivity index (χ0n) is 12.4. The van der Waals surface area contributed by atoms with Crippen molar-refractivity contribution in [3.05, 3.63) is 0 Å². The first-order chi connectivity index (χ1) is 8.53. The van der Waals surface area contributed by atoms with Gasteiger partial charge in [0.15, 0.2) is 0 Å². The molecule has 1 N–H and O–H groups in total. The Morgan fingerprint density at radius 1 is 1.22 bits per heavy atom. The van der Waals surface area contributed by atoms with Crippen molar-refractivity contribution in [2.45, 2.75) is 46.1 Å². The Labute approximate surface area is 112 Å². The lowest BCUT2D eigenvalue weighted by Gasteiger charge is -2.38. The number of morpholine rings is 1. The van der Waals surface area contributed by atoms with Gasteiger partial charge in [0, 0.05) is 19.6 Å². The van der Waals surface area contributed by atoms with Gasteiger partial charge in [0.05, 0.1) is 12.7 Å². The van der Waals surface area contributed by atoms with E-state index in [0.717, 1.165) is 25.6 Å². The fourth-order valence-electron chi connectivity index (χ4n) is 3.18. The van der Waals surface area contributed by atoms with Gasteiger partial charge in [0.1, 0.15) is 0 Å². The van der Waals surface area contributed by atoms with E-state index in [-0.39, 0.29) is 0 Å². The van der Waals surface area contributed by atoms with E-state index in [2.05, 4.69) is 31.0 Å². The summed E-state index contributed by atoms with van der Waals surface area (Å²) in [7, 11) is 0. The maximum Gasteiger partial charge on any atom is 0.0707 e. The van der Waals surface area contributed by atoms with Crippen LogP contribution in [0.4, 0.5) is 0 Å². The molecular formula is C15H30N2O. The molecule has 0 aliphatic carbocycles. The van der Waals surface area contributed by atoms with Gasteiger partial charge in [-0.15, -0.1) is 0 Å². The van der Waals surface area contributed by atoms with Gasteiger partial charge >= 0.3 is 0 Å². The van der Waals surface area contributed by atoms with E-state index in [1.807, 2.05) is 0 Å². The first kappa shape index (κ1) is 14.3. The molecule has 0 spiro atoms. The number of rotatable bonds is 3. The molecule has 0 bridgehead atoms. The Bertz CT molecular complexity index is 243. The molecule has 3 nitrogen and oxygen atoms in total. The normalized spacial score (nSPS) is 28.5. The lowest BCUT2D eigenvalue weighted by molar-refractivity contribution is -0.0501. The molecule has 2 aliphatic heterocycles. The molecule has 0 aromatic carbocycles. The van der Waals surface area contributed by atoms with Crippen molar-refractivity contribution in [2.24, 2.45) is 11.3 Å². The van der Waals surface area contributed by atoms with Crippen LogP contribution in [0.15, 0.2) is 0 Å². The molecule has 2 rings (SSSR count).